The largest absolute Gasteiger partial charge is 0.465 e. The fraction of sp³-hybridized carbons (Fsp3) is 0.381. The van der Waals surface area contributed by atoms with Gasteiger partial charge in [0.25, 0.3) is 10.0 Å². The van der Waals surface area contributed by atoms with Crippen LogP contribution >= 0.6 is 0 Å². The van der Waals surface area contributed by atoms with Crippen LogP contribution in [0.1, 0.15) is 31.7 Å². The van der Waals surface area contributed by atoms with Crippen molar-refractivity contribution in [1.82, 2.24) is 4.90 Å². The summed E-state index contributed by atoms with van der Waals surface area (Å²) in [4.78, 5) is 12.8. The fourth-order valence-corrected chi connectivity index (χ4v) is 5.35. The van der Waals surface area contributed by atoms with Crippen LogP contribution < -0.4 is 4.31 Å². The van der Waals surface area contributed by atoms with Gasteiger partial charge in [0.1, 0.15) is 0 Å². The van der Waals surface area contributed by atoms with Gasteiger partial charge in [-0.25, -0.2) is 13.2 Å². The summed E-state index contributed by atoms with van der Waals surface area (Å²) in [5.74, 6) is 0. The van der Waals surface area contributed by atoms with Crippen molar-refractivity contribution in [3.63, 3.8) is 0 Å². The van der Waals surface area contributed by atoms with E-state index in [0.717, 1.165) is 18.4 Å². The number of sulfonamides is 1. The van der Waals surface area contributed by atoms with Crippen molar-refractivity contribution in [2.24, 2.45) is 0 Å². The maximum absolute atomic E-state index is 13.5. The summed E-state index contributed by atoms with van der Waals surface area (Å²) in [5.41, 5.74) is 1.72. The fourth-order valence-electron chi connectivity index (χ4n) is 3.64. The summed E-state index contributed by atoms with van der Waals surface area (Å²) in [6.07, 6.45) is 1.89. The van der Waals surface area contributed by atoms with Crippen LogP contribution in [0.5, 0.6) is 0 Å². The minimum atomic E-state index is -3.76. The van der Waals surface area contributed by atoms with Crippen molar-refractivity contribution in [3.05, 3.63) is 60.2 Å². The number of aryl methyl sites for hydroxylation is 1. The number of para-hydroxylation sites is 1. The normalized spacial score (nSPS) is 15.4. The predicted octanol–water partition coefficient (Wildman–Crippen LogP) is 3.98. The number of carboxylic acid groups (broad SMARTS) is 1. The molecule has 0 aliphatic carbocycles. The number of carbonyl (C=O) groups is 1. The first-order valence-electron chi connectivity index (χ1n) is 9.59. The van der Waals surface area contributed by atoms with Crippen LogP contribution in [0.15, 0.2) is 59.5 Å². The Balaban J connectivity index is 1.93. The molecular weight excluding hydrogens is 376 g/mol. The molecule has 1 heterocycles. The van der Waals surface area contributed by atoms with E-state index >= 15 is 0 Å². The lowest BCUT2D eigenvalue weighted by Crippen LogP contribution is -2.48. The van der Waals surface area contributed by atoms with Crippen molar-refractivity contribution in [2.45, 2.75) is 43.5 Å². The van der Waals surface area contributed by atoms with Crippen LogP contribution in [0.4, 0.5) is 10.5 Å². The molecule has 28 heavy (non-hydrogen) atoms. The number of hydrogen-bond acceptors (Lipinski definition) is 3. The van der Waals surface area contributed by atoms with Crippen LogP contribution in [0.2, 0.25) is 0 Å². The first-order chi connectivity index (χ1) is 13.4. The van der Waals surface area contributed by atoms with Crippen molar-refractivity contribution < 1.29 is 18.3 Å². The van der Waals surface area contributed by atoms with E-state index in [4.69, 9.17) is 0 Å². The number of nitrogens with zero attached hydrogens (tertiary/aromatic N) is 2. The molecule has 1 saturated heterocycles. The zero-order valence-electron chi connectivity index (χ0n) is 16.0. The number of benzene rings is 2. The molecule has 0 spiro atoms. The highest BCUT2D eigenvalue weighted by atomic mass is 32.2. The molecule has 1 fully saturated rings. The van der Waals surface area contributed by atoms with E-state index in [2.05, 4.69) is 6.92 Å². The van der Waals surface area contributed by atoms with Gasteiger partial charge < -0.3 is 10.0 Å². The third-order valence-corrected chi connectivity index (χ3v) is 6.99. The third kappa shape index (κ3) is 4.30. The molecule has 0 unspecified atom stereocenters. The summed E-state index contributed by atoms with van der Waals surface area (Å²) < 4.78 is 28.5. The number of anilines is 1. The summed E-state index contributed by atoms with van der Waals surface area (Å²) in [6, 6.07) is 15.8. The van der Waals surface area contributed by atoms with Crippen molar-refractivity contribution >= 4 is 21.8 Å². The van der Waals surface area contributed by atoms with Gasteiger partial charge in [-0.05, 0) is 49.1 Å². The molecule has 7 heteroatoms. The van der Waals surface area contributed by atoms with Gasteiger partial charge in [0.2, 0.25) is 0 Å². The molecule has 0 radical (unpaired) electrons. The highest BCUT2D eigenvalue weighted by Crippen LogP contribution is 2.30. The lowest BCUT2D eigenvalue weighted by Gasteiger charge is -2.38. The van der Waals surface area contributed by atoms with E-state index in [0.29, 0.717) is 31.6 Å². The second-order valence-corrected chi connectivity index (χ2v) is 8.85. The third-order valence-electron chi connectivity index (χ3n) is 5.10. The van der Waals surface area contributed by atoms with Gasteiger partial charge in [0, 0.05) is 19.1 Å². The SMILES string of the molecule is CCCc1ccc(S(=O)(=O)N(c2ccccc2)C2CCN(C(=O)O)CC2)cc1. The molecule has 2 aromatic rings. The van der Waals surface area contributed by atoms with Crippen LogP contribution in [-0.4, -0.2) is 43.6 Å². The van der Waals surface area contributed by atoms with Gasteiger partial charge in [-0.1, -0.05) is 43.7 Å². The van der Waals surface area contributed by atoms with Crippen LogP contribution in [-0.2, 0) is 16.4 Å². The lowest BCUT2D eigenvalue weighted by molar-refractivity contribution is 0.133. The number of piperidine rings is 1. The molecule has 3 rings (SSSR count). The smallest absolute Gasteiger partial charge is 0.407 e. The molecule has 1 N–H and O–H groups in total. The Morgan fingerprint density at radius 3 is 2.21 bits per heavy atom. The number of likely N-dealkylation sites (tertiary alicyclic amines) is 1. The Morgan fingerprint density at radius 1 is 1.07 bits per heavy atom. The van der Waals surface area contributed by atoms with E-state index in [1.807, 2.05) is 30.3 Å². The minimum absolute atomic E-state index is 0.261. The molecule has 1 amide bonds. The van der Waals surface area contributed by atoms with E-state index in [-0.39, 0.29) is 10.9 Å². The lowest BCUT2D eigenvalue weighted by atomic mass is 10.0. The molecule has 1 aliphatic rings. The zero-order valence-corrected chi connectivity index (χ0v) is 16.8. The number of hydrogen-bond donors (Lipinski definition) is 1. The van der Waals surface area contributed by atoms with Crippen molar-refractivity contribution in [1.29, 1.82) is 0 Å². The van der Waals surface area contributed by atoms with E-state index in [1.165, 1.54) is 9.21 Å². The Labute approximate surface area is 166 Å². The summed E-state index contributed by atoms with van der Waals surface area (Å²) in [6.45, 7) is 2.74. The highest BCUT2D eigenvalue weighted by Gasteiger charge is 2.34. The Kier molecular flexibility index (Phi) is 6.24. The van der Waals surface area contributed by atoms with Crippen LogP contribution in [0.3, 0.4) is 0 Å². The molecular formula is C21H26N2O4S. The Bertz CT molecular complexity index is 890. The molecule has 0 aromatic heterocycles. The standard InChI is InChI=1S/C21H26N2O4S/c1-2-6-17-9-11-20(12-10-17)28(26,27)23(18-7-4-3-5-8-18)19-13-15-22(16-14-19)21(24)25/h3-5,7-12,19H,2,6,13-16H2,1H3,(H,24,25). The van der Waals surface area contributed by atoms with Crippen LogP contribution in [0.25, 0.3) is 0 Å². The Hall–Kier alpha value is -2.54. The van der Waals surface area contributed by atoms with E-state index in [9.17, 15) is 18.3 Å². The van der Waals surface area contributed by atoms with Gasteiger partial charge in [-0.15, -0.1) is 0 Å². The average Bonchev–Trinajstić information content (AvgIpc) is 2.70. The van der Waals surface area contributed by atoms with Gasteiger partial charge >= 0.3 is 6.09 Å². The van der Waals surface area contributed by atoms with Crippen molar-refractivity contribution in [2.75, 3.05) is 17.4 Å². The molecule has 0 saturated carbocycles. The van der Waals surface area contributed by atoms with Crippen LogP contribution in [0, 0.1) is 0 Å². The van der Waals surface area contributed by atoms with Gasteiger partial charge in [-0.2, -0.15) is 0 Å². The second-order valence-electron chi connectivity index (χ2n) is 7.03. The summed E-state index contributed by atoms with van der Waals surface area (Å²) in [7, 11) is -3.76. The van der Waals surface area contributed by atoms with Gasteiger partial charge in [0.05, 0.1) is 10.6 Å². The van der Waals surface area contributed by atoms with Gasteiger partial charge in [0.15, 0.2) is 0 Å². The molecule has 150 valence electrons. The minimum Gasteiger partial charge on any atom is -0.465 e. The summed E-state index contributed by atoms with van der Waals surface area (Å²) >= 11 is 0. The number of rotatable bonds is 6. The van der Waals surface area contributed by atoms with Crippen molar-refractivity contribution in [3.8, 4) is 0 Å². The highest BCUT2D eigenvalue weighted by molar-refractivity contribution is 7.92. The quantitative estimate of drug-likeness (QED) is 0.793. The monoisotopic (exact) mass is 402 g/mol. The van der Waals surface area contributed by atoms with E-state index in [1.54, 1.807) is 24.3 Å². The second kappa shape index (κ2) is 8.65. The zero-order chi connectivity index (χ0) is 20.1. The molecule has 2 aromatic carbocycles. The molecule has 1 aliphatic heterocycles. The van der Waals surface area contributed by atoms with E-state index < -0.39 is 16.1 Å². The topological polar surface area (TPSA) is 77.9 Å². The molecule has 0 bridgehead atoms. The van der Waals surface area contributed by atoms with Gasteiger partial charge in [-0.3, -0.25) is 4.31 Å². The number of amides is 1. The summed E-state index contributed by atoms with van der Waals surface area (Å²) in [5, 5.41) is 9.18. The average molecular weight is 403 g/mol. The maximum Gasteiger partial charge on any atom is 0.407 e. The predicted molar refractivity (Wildman–Crippen MR) is 109 cm³/mol. The molecule has 0 atom stereocenters. The first-order valence-corrected chi connectivity index (χ1v) is 11.0. The molecule has 6 nitrogen and oxygen atoms in total. The first kappa shape index (κ1) is 20.2. The Morgan fingerprint density at radius 2 is 1.68 bits per heavy atom. The maximum atomic E-state index is 13.5.